The van der Waals surface area contributed by atoms with Crippen LogP contribution in [-0.4, -0.2) is 69.3 Å². The Kier molecular flexibility index (Phi) is 9.34. The fourth-order valence-electron chi connectivity index (χ4n) is 5.88. The van der Waals surface area contributed by atoms with Gasteiger partial charge in [0.15, 0.2) is 0 Å². The lowest BCUT2D eigenvalue weighted by Crippen LogP contribution is -2.57. The number of hydrogen-bond donors (Lipinski definition) is 4. The second-order valence-electron chi connectivity index (χ2n) is 10.5. The summed E-state index contributed by atoms with van der Waals surface area (Å²) in [6.45, 7) is 4.85. The standard InChI is InChI=1S/C29H40N2O4S/c1-19-24(13-8-14-27(19)33)29(35)30-25(18-36-23-11-4-3-5-12-23)28(34)17-31-16-22-10-7-6-9-21(22)15-26(31)20(2)32/h3-5,8,11-14,20-22,25-26,28,32-34H,6-7,9-10,15-18H2,1-2H3,(H,30,35)/t20-,21-,22+,25-,26-,28+/m0/s1. The number of benzene rings is 2. The highest BCUT2D eigenvalue weighted by Crippen LogP contribution is 2.39. The highest BCUT2D eigenvalue weighted by atomic mass is 32.2. The Morgan fingerprint density at radius 3 is 2.53 bits per heavy atom. The molecule has 36 heavy (non-hydrogen) atoms. The van der Waals surface area contributed by atoms with E-state index in [4.69, 9.17) is 0 Å². The zero-order chi connectivity index (χ0) is 25.7. The molecule has 1 saturated carbocycles. The molecule has 1 aliphatic carbocycles. The molecule has 2 aromatic rings. The van der Waals surface area contributed by atoms with Crippen LogP contribution in [0.1, 0.15) is 54.9 Å². The molecular formula is C29H40N2O4S. The quantitative estimate of drug-likeness (QED) is 0.376. The monoisotopic (exact) mass is 512 g/mol. The minimum absolute atomic E-state index is 0.0189. The Morgan fingerprint density at radius 2 is 1.81 bits per heavy atom. The molecule has 0 spiro atoms. The van der Waals surface area contributed by atoms with Gasteiger partial charge < -0.3 is 20.6 Å². The normalized spacial score (nSPS) is 24.9. The van der Waals surface area contributed by atoms with Crippen molar-refractivity contribution < 1.29 is 20.1 Å². The molecule has 196 valence electrons. The number of aliphatic hydroxyl groups excluding tert-OH is 2. The zero-order valence-electron chi connectivity index (χ0n) is 21.3. The van der Waals surface area contributed by atoms with Gasteiger partial charge in [-0.15, -0.1) is 11.8 Å². The van der Waals surface area contributed by atoms with E-state index in [0.717, 1.165) is 17.9 Å². The molecule has 7 heteroatoms. The number of phenolic OH excluding ortho intramolecular Hbond substituents is 1. The average Bonchev–Trinajstić information content (AvgIpc) is 2.88. The molecule has 2 aromatic carbocycles. The number of thioether (sulfide) groups is 1. The maximum absolute atomic E-state index is 13.2. The van der Waals surface area contributed by atoms with E-state index in [1.165, 1.54) is 25.7 Å². The van der Waals surface area contributed by atoms with Crippen LogP contribution in [0.4, 0.5) is 0 Å². The molecule has 1 saturated heterocycles. The second-order valence-corrected chi connectivity index (χ2v) is 11.6. The van der Waals surface area contributed by atoms with Crippen molar-refractivity contribution in [1.29, 1.82) is 0 Å². The first kappa shape index (κ1) is 27.0. The molecule has 1 aliphatic heterocycles. The van der Waals surface area contributed by atoms with Gasteiger partial charge in [0.2, 0.25) is 0 Å². The van der Waals surface area contributed by atoms with Crippen molar-refractivity contribution in [3.63, 3.8) is 0 Å². The molecule has 6 nitrogen and oxygen atoms in total. The van der Waals surface area contributed by atoms with Gasteiger partial charge in [-0.25, -0.2) is 0 Å². The van der Waals surface area contributed by atoms with Gasteiger partial charge in [-0.2, -0.15) is 0 Å². The maximum Gasteiger partial charge on any atom is 0.252 e. The van der Waals surface area contributed by atoms with Gasteiger partial charge >= 0.3 is 0 Å². The first-order chi connectivity index (χ1) is 17.3. The minimum atomic E-state index is -0.802. The molecule has 1 amide bonds. The number of hydrogen-bond acceptors (Lipinski definition) is 6. The number of fused-ring (bicyclic) bond motifs is 1. The molecule has 0 unspecified atom stereocenters. The number of carbonyl (C=O) groups excluding carboxylic acids is 1. The van der Waals surface area contributed by atoms with E-state index in [9.17, 15) is 20.1 Å². The van der Waals surface area contributed by atoms with Crippen molar-refractivity contribution in [2.75, 3.05) is 18.8 Å². The van der Waals surface area contributed by atoms with E-state index in [-0.39, 0.29) is 17.7 Å². The lowest BCUT2D eigenvalue weighted by Gasteiger charge is -2.48. The number of carbonyl (C=O) groups is 1. The van der Waals surface area contributed by atoms with Crippen molar-refractivity contribution in [2.24, 2.45) is 11.8 Å². The molecule has 0 radical (unpaired) electrons. The van der Waals surface area contributed by atoms with Crippen LogP contribution in [0.3, 0.4) is 0 Å². The first-order valence-corrected chi connectivity index (χ1v) is 14.2. The van der Waals surface area contributed by atoms with Crippen LogP contribution in [0.5, 0.6) is 5.75 Å². The Bertz CT molecular complexity index is 1000. The molecule has 0 aromatic heterocycles. The lowest BCUT2D eigenvalue weighted by atomic mass is 9.72. The Balaban J connectivity index is 1.50. The average molecular weight is 513 g/mol. The molecule has 4 rings (SSSR count). The van der Waals surface area contributed by atoms with Crippen LogP contribution < -0.4 is 5.32 Å². The third-order valence-electron chi connectivity index (χ3n) is 8.03. The van der Waals surface area contributed by atoms with Crippen molar-refractivity contribution in [3.8, 4) is 5.75 Å². The van der Waals surface area contributed by atoms with Gasteiger partial charge in [0.25, 0.3) is 5.91 Å². The molecule has 1 heterocycles. The Hall–Kier alpha value is -2.06. The smallest absolute Gasteiger partial charge is 0.252 e. The fourth-order valence-corrected chi connectivity index (χ4v) is 6.90. The van der Waals surface area contributed by atoms with Crippen molar-refractivity contribution >= 4 is 17.7 Å². The van der Waals surface area contributed by atoms with Crippen molar-refractivity contribution in [1.82, 2.24) is 10.2 Å². The van der Waals surface area contributed by atoms with Gasteiger partial charge in [-0.1, -0.05) is 43.5 Å². The second kappa shape index (κ2) is 12.5. The van der Waals surface area contributed by atoms with Crippen LogP contribution in [0, 0.1) is 18.8 Å². The van der Waals surface area contributed by atoms with E-state index in [2.05, 4.69) is 10.2 Å². The topological polar surface area (TPSA) is 93.0 Å². The number of β-amino-alcohol motifs (C(OH)–C–C–N with tert-alkyl or cyclic N) is 1. The number of aliphatic hydroxyl groups is 2. The predicted octanol–water partition coefficient (Wildman–Crippen LogP) is 4.21. The van der Waals surface area contributed by atoms with E-state index < -0.39 is 18.2 Å². The number of nitrogens with one attached hydrogen (secondary N) is 1. The van der Waals surface area contributed by atoms with Crippen molar-refractivity contribution in [3.05, 3.63) is 59.7 Å². The van der Waals surface area contributed by atoms with Gasteiger partial charge in [0, 0.05) is 40.9 Å². The third-order valence-corrected chi connectivity index (χ3v) is 9.16. The number of phenols is 1. The summed E-state index contributed by atoms with van der Waals surface area (Å²) in [5.74, 6) is 1.55. The molecule has 2 fully saturated rings. The third kappa shape index (κ3) is 6.62. The van der Waals surface area contributed by atoms with Crippen molar-refractivity contribution in [2.45, 2.75) is 75.1 Å². The fraction of sp³-hybridized carbons (Fsp3) is 0.552. The number of aromatic hydroxyl groups is 1. The zero-order valence-corrected chi connectivity index (χ0v) is 22.2. The summed E-state index contributed by atoms with van der Waals surface area (Å²) in [6, 6.07) is 14.4. The predicted molar refractivity (Wildman–Crippen MR) is 144 cm³/mol. The van der Waals surface area contributed by atoms with Crippen LogP contribution in [0.25, 0.3) is 0 Å². The Morgan fingerprint density at radius 1 is 1.08 bits per heavy atom. The maximum atomic E-state index is 13.2. The van der Waals surface area contributed by atoms with Gasteiger partial charge in [0.05, 0.1) is 18.2 Å². The summed E-state index contributed by atoms with van der Waals surface area (Å²) >= 11 is 1.60. The highest BCUT2D eigenvalue weighted by molar-refractivity contribution is 7.99. The number of likely N-dealkylation sites (tertiary alicyclic amines) is 1. The van der Waals surface area contributed by atoms with Crippen LogP contribution in [0.15, 0.2) is 53.4 Å². The van der Waals surface area contributed by atoms with Gasteiger partial charge in [0.1, 0.15) is 5.75 Å². The molecular weight excluding hydrogens is 472 g/mol. The summed E-state index contributed by atoms with van der Waals surface area (Å²) in [6.07, 6.45) is 4.67. The molecule has 2 aliphatic rings. The number of rotatable bonds is 9. The highest BCUT2D eigenvalue weighted by Gasteiger charge is 2.40. The first-order valence-electron chi connectivity index (χ1n) is 13.2. The van der Waals surface area contributed by atoms with Crippen LogP contribution >= 0.6 is 11.8 Å². The number of amides is 1. The molecule has 6 atom stereocenters. The summed E-state index contributed by atoms with van der Waals surface area (Å²) in [7, 11) is 0. The number of piperidine rings is 1. The summed E-state index contributed by atoms with van der Waals surface area (Å²) in [5.41, 5.74) is 0.925. The molecule has 4 N–H and O–H groups in total. The summed E-state index contributed by atoms with van der Waals surface area (Å²) in [4.78, 5) is 16.5. The van der Waals surface area contributed by atoms with Crippen LogP contribution in [-0.2, 0) is 0 Å². The van der Waals surface area contributed by atoms with E-state index in [1.54, 1.807) is 36.9 Å². The SMILES string of the molecule is Cc1c(O)cccc1C(=O)N[C@@H](CSc1ccccc1)[C@H](O)CN1C[C@H]2CCCC[C@H]2C[C@H]1[C@H](C)O. The Labute approximate surface area is 219 Å². The van der Waals surface area contributed by atoms with Crippen LogP contribution in [0.2, 0.25) is 0 Å². The molecule has 0 bridgehead atoms. The minimum Gasteiger partial charge on any atom is -0.508 e. The van der Waals surface area contributed by atoms with Gasteiger partial charge in [-0.3, -0.25) is 9.69 Å². The largest absolute Gasteiger partial charge is 0.508 e. The van der Waals surface area contributed by atoms with E-state index >= 15 is 0 Å². The summed E-state index contributed by atoms with van der Waals surface area (Å²) < 4.78 is 0. The summed E-state index contributed by atoms with van der Waals surface area (Å²) in [5, 5.41) is 35.1. The van der Waals surface area contributed by atoms with E-state index in [1.807, 2.05) is 37.3 Å². The van der Waals surface area contributed by atoms with E-state index in [0.29, 0.717) is 35.3 Å². The lowest BCUT2D eigenvalue weighted by molar-refractivity contribution is -0.0418. The number of nitrogens with zero attached hydrogens (tertiary/aromatic N) is 1. The van der Waals surface area contributed by atoms with Gasteiger partial charge in [-0.05, 0) is 62.8 Å².